The molecule has 1 rings (SSSR count). The van der Waals surface area contributed by atoms with E-state index in [1.165, 1.54) is 0 Å². The molecule has 0 aliphatic carbocycles. The van der Waals surface area contributed by atoms with Gasteiger partial charge in [-0.05, 0) is 33.6 Å². The Labute approximate surface area is 93.7 Å². The minimum Gasteiger partial charge on any atom is -0.379 e. The summed E-state index contributed by atoms with van der Waals surface area (Å²) in [5, 5.41) is 3.02. The van der Waals surface area contributed by atoms with Crippen LogP contribution in [-0.2, 0) is 9.53 Å². The molecule has 1 aliphatic rings. The molecule has 0 spiro atoms. The normalized spacial score (nSPS) is 28.6. The van der Waals surface area contributed by atoms with Gasteiger partial charge >= 0.3 is 0 Å². The van der Waals surface area contributed by atoms with Crippen molar-refractivity contribution in [3.63, 3.8) is 0 Å². The number of ether oxygens (including phenoxy) is 1. The summed E-state index contributed by atoms with van der Waals surface area (Å²) in [6, 6.07) is 0. The summed E-state index contributed by atoms with van der Waals surface area (Å²) in [4.78, 5) is 11.7. The number of nitrogens with one attached hydrogen (secondary N) is 1. The second-order valence-corrected chi connectivity index (χ2v) is 6.63. The maximum atomic E-state index is 11.7. The molecule has 1 heterocycles. The van der Waals surface area contributed by atoms with Gasteiger partial charge in [0.15, 0.2) is 0 Å². The van der Waals surface area contributed by atoms with E-state index in [0.717, 1.165) is 19.4 Å². The number of amides is 1. The summed E-state index contributed by atoms with van der Waals surface area (Å²) in [6.07, 6.45) is 2.00. The third-order valence-corrected chi connectivity index (χ3v) is 2.75. The third kappa shape index (κ3) is 3.24. The van der Waals surface area contributed by atoms with E-state index >= 15 is 0 Å². The van der Waals surface area contributed by atoms with E-state index in [4.69, 9.17) is 4.74 Å². The fourth-order valence-electron chi connectivity index (χ4n) is 1.46. The monoisotopic (exact) mass is 263 g/mol. The Morgan fingerprint density at radius 2 is 2.21 bits per heavy atom. The van der Waals surface area contributed by atoms with Gasteiger partial charge in [-0.1, -0.05) is 15.9 Å². The van der Waals surface area contributed by atoms with Crippen LogP contribution in [0.25, 0.3) is 0 Å². The first-order chi connectivity index (χ1) is 6.33. The number of rotatable bonds is 2. The largest absolute Gasteiger partial charge is 0.379 e. The zero-order valence-corrected chi connectivity index (χ0v) is 10.6. The van der Waals surface area contributed by atoms with Gasteiger partial charge in [-0.2, -0.15) is 0 Å². The number of halogens is 1. The highest BCUT2D eigenvalue weighted by molar-refractivity contribution is 9.10. The Kier molecular flexibility index (Phi) is 3.58. The van der Waals surface area contributed by atoms with Gasteiger partial charge in [-0.25, -0.2) is 0 Å². The second-order valence-electron chi connectivity index (χ2n) is 4.64. The van der Waals surface area contributed by atoms with E-state index in [1.807, 2.05) is 20.8 Å². The van der Waals surface area contributed by atoms with E-state index in [0.29, 0.717) is 6.61 Å². The van der Waals surface area contributed by atoms with Crippen molar-refractivity contribution >= 4 is 21.8 Å². The first kappa shape index (κ1) is 12.0. The summed E-state index contributed by atoms with van der Waals surface area (Å²) >= 11 is 3.34. The van der Waals surface area contributed by atoms with Crippen molar-refractivity contribution in [3.8, 4) is 0 Å². The molecule has 0 aromatic rings. The number of alkyl halides is 1. The molecular formula is C10H18BrNO2. The van der Waals surface area contributed by atoms with Crippen LogP contribution in [0.3, 0.4) is 0 Å². The van der Waals surface area contributed by atoms with Crippen molar-refractivity contribution in [3.05, 3.63) is 0 Å². The van der Waals surface area contributed by atoms with Crippen LogP contribution in [0, 0.1) is 0 Å². The number of hydrogen-bond acceptors (Lipinski definition) is 2. The summed E-state index contributed by atoms with van der Waals surface area (Å²) < 4.78 is 4.86. The molecule has 1 atom stereocenters. The molecule has 0 aromatic carbocycles. The molecule has 3 nitrogen and oxygen atoms in total. The summed E-state index contributed by atoms with van der Waals surface area (Å²) in [5.41, 5.74) is -0.194. The highest BCUT2D eigenvalue weighted by Crippen LogP contribution is 2.22. The van der Waals surface area contributed by atoms with E-state index in [2.05, 4.69) is 21.2 Å². The van der Waals surface area contributed by atoms with Crippen molar-refractivity contribution in [1.29, 1.82) is 0 Å². The van der Waals surface area contributed by atoms with Crippen LogP contribution in [0.2, 0.25) is 0 Å². The highest BCUT2D eigenvalue weighted by atomic mass is 79.9. The van der Waals surface area contributed by atoms with Gasteiger partial charge in [0.25, 0.3) is 0 Å². The molecule has 1 aliphatic heterocycles. The molecule has 0 aromatic heterocycles. The zero-order chi connectivity index (χ0) is 10.8. The molecule has 1 N–H and O–H groups in total. The number of hydrogen-bond donors (Lipinski definition) is 1. The van der Waals surface area contributed by atoms with Crippen molar-refractivity contribution in [1.82, 2.24) is 5.32 Å². The quantitative estimate of drug-likeness (QED) is 0.773. The summed E-state index contributed by atoms with van der Waals surface area (Å²) in [6.45, 7) is 7.14. The molecule has 4 heteroatoms. The van der Waals surface area contributed by atoms with E-state index in [-0.39, 0.29) is 11.4 Å². The van der Waals surface area contributed by atoms with Crippen LogP contribution in [0.1, 0.15) is 33.6 Å². The van der Waals surface area contributed by atoms with Gasteiger partial charge in [0.1, 0.15) is 0 Å². The van der Waals surface area contributed by atoms with Gasteiger partial charge in [0, 0.05) is 6.61 Å². The van der Waals surface area contributed by atoms with E-state index in [1.54, 1.807) is 0 Å². The molecular weight excluding hydrogens is 246 g/mol. The minimum atomic E-state index is -0.506. The number of carbonyl (C=O) groups excluding carboxylic acids is 1. The van der Waals surface area contributed by atoms with Crippen LogP contribution >= 0.6 is 15.9 Å². The van der Waals surface area contributed by atoms with E-state index < -0.39 is 4.32 Å². The maximum absolute atomic E-state index is 11.7. The molecule has 0 saturated carbocycles. The van der Waals surface area contributed by atoms with Gasteiger partial charge in [0.05, 0.1) is 16.5 Å². The summed E-state index contributed by atoms with van der Waals surface area (Å²) in [5.74, 6) is 0.0190. The van der Waals surface area contributed by atoms with Crippen molar-refractivity contribution < 1.29 is 9.53 Å². The Balaban J connectivity index is 2.54. The Morgan fingerprint density at radius 3 is 2.64 bits per heavy atom. The van der Waals surface area contributed by atoms with Crippen LogP contribution in [-0.4, -0.2) is 29.0 Å². The van der Waals surface area contributed by atoms with Gasteiger partial charge in [-0.3, -0.25) is 4.79 Å². The topological polar surface area (TPSA) is 38.3 Å². The van der Waals surface area contributed by atoms with Gasteiger partial charge < -0.3 is 10.1 Å². The lowest BCUT2D eigenvalue weighted by molar-refractivity contribution is -0.126. The first-order valence-corrected chi connectivity index (χ1v) is 5.72. The Morgan fingerprint density at radius 1 is 1.57 bits per heavy atom. The lowest BCUT2D eigenvalue weighted by atomic mass is 9.94. The van der Waals surface area contributed by atoms with Gasteiger partial charge in [-0.15, -0.1) is 0 Å². The van der Waals surface area contributed by atoms with E-state index in [9.17, 15) is 4.79 Å². The molecule has 1 saturated heterocycles. The minimum absolute atomic E-state index is 0.0190. The van der Waals surface area contributed by atoms with Crippen LogP contribution in [0.4, 0.5) is 0 Å². The van der Waals surface area contributed by atoms with Gasteiger partial charge in [0.2, 0.25) is 5.91 Å². The number of carbonyl (C=O) groups is 1. The lowest BCUT2D eigenvalue weighted by Gasteiger charge is -2.36. The lowest BCUT2D eigenvalue weighted by Crippen LogP contribution is -2.55. The SMILES string of the molecule is CC1(NC(=O)C(C)(C)Br)CCCOC1. The smallest absolute Gasteiger partial charge is 0.236 e. The highest BCUT2D eigenvalue weighted by Gasteiger charge is 2.33. The molecule has 0 radical (unpaired) electrons. The van der Waals surface area contributed by atoms with Crippen molar-refractivity contribution in [2.24, 2.45) is 0 Å². The van der Waals surface area contributed by atoms with Crippen LogP contribution in [0.15, 0.2) is 0 Å². The predicted octanol–water partition coefficient (Wildman–Crippen LogP) is 1.85. The van der Waals surface area contributed by atoms with Crippen LogP contribution in [0.5, 0.6) is 0 Å². The molecule has 14 heavy (non-hydrogen) atoms. The zero-order valence-electron chi connectivity index (χ0n) is 9.02. The standard InChI is InChI=1S/C10H18BrNO2/c1-9(2,11)8(13)12-10(3)5-4-6-14-7-10/h4-7H2,1-3H3,(H,12,13). The summed E-state index contributed by atoms with van der Waals surface area (Å²) in [7, 11) is 0. The maximum Gasteiger partial charge on any atom is 0.236 e. The average molecular weight is 264 g/mol. The Hall–Kier alpha value is -0.0900. The molecule has 0 bridgehead atoms. The fourth-order valence-corrected chi connectivity index (χ4v) is 1.55. The molecule has 82 valence electrons. The predicted molar refractivity (Wildman–Crippen MR) is 59.6 cm³/mol. The van der Waals surface area contributed by atoms with Crippen molar-refractivity contribution in [2.45, 2.75) is 43.5 Å². The Bertz CT molecular complexity index is 217. The first-order valence-electron chi connectivity index (χ1n) is 4.93. The molecule has 1 fully saturated rings. The second kappa shape index (κ2) is 4.19. The fraction of sp³-hybridized carbons (Fsp3) is 0.900. The van der Waals surface area contributed by atoms with Crippen LogP contribution < -0.4 is 5.32 Å². The molecule has 1 amide bonds. The average Bonchev–Trinajstić information content (AvgIpc) is 2.02. The third-order valence-electron chi connectivity index (χ3n) is 2.39. The molecule has 1 unspecified atom stereocenters. The van der Waals surface area contributed by atoms with Crippen molar-refractivity contribution in [2.75, 3.05) is 13.2 Å².